The first kappa shape index (κ1) is 31.8. The molecule has 3 nitrogen and oxygen atoms in total. The maximum Gasteiger partial charge on any atom is 0.235 e. The number of para-hydroxylation sites is 1. The molecule has 0 unspecified atom stereocenters. The smallest absolute Gasteiger partial charge is 0.235 e. The molecule has 0 radical (unpaired) electrons. The van der Waals surface area contributed by atoms with E-state index in [0.717, 1.165) is 49.5 Å². The Labute approximate surface area is 336 Å². The van der Waals surface area contributed by atoms with Crippen molar-refractivity contribution < 1.29 is 0 Å². The van der Waals surface area contributed by atoms with Crippen LogP contribution in [0.15, 0.2) is 188 Å². The van der Waals surface area contributed by atoms with Crippen molar-refractivity contribution in [1.29, 1.82) is 0 Å². The van der Waals surface area contributed by atoms with Crippen LogP contribution in [0, 0.1) is 0 Å². The topological polar surface area (TPSA) is 30.7 Å². The van der Waals surface area contributed by atoms with Gasteiger partial charge < -0.3 is 0 Å². The van der Waals surface area contributed by atoms with Gasteiger partial charge in [-0.3, -0.25) is 4.57 Å². The summed E-state index contributed by atoms with van der Waals surface area (Å²) in [6.45, 7) is 0. The van der Waals surface area contributed by atoms with E-state index in [4.69, 9.17) is 9.97 Å². The maximum atomic E-state index is 5.75. The van der Waals surface area contributed by atoms with Crippen molar-refractivity contribution in [2.24, 2.45) is 0 Å². The van der Waals surface area contributed by atoms with E-state index in [-0.39, 0.29) is 0 Å². The van der Waals surface area contributed by atoms with Crippen molar-refractivity contribution in [2.75, 3.05) is 0 Å². The van der Waals surface area contributed by atoms with E-state index in [9.17, 15) is 0 Å². The van der Waals surface area contributed by atoms with Crippen LogP contribution in [0.3, 0.4) is 0 Å². The Bertz CT molecular complexity index is 3860. The second kappa shape index (κ2) is 12.1. The normalized spacial score (nSPS) is 12.1. The summed E-state index contributed by atoms with van der Waals surface area (Å²) in [6.07, 6.45) is 0. The lowest BCUT2D eigenvalue weighted by atomic mass is 9.93. The summed E-state index contributed by atoms with van der Waals surface area (Å²) < 4.78 is 4.95. The van der Waals surface area contributed by atoms with Gasteiger partial charge in [0, 0.05) is 58.1 Å². The highest BCUT2D eigenvalue weighted by atomic mass is 32.1. The lowest BCUT2D eigenvalue weighted by molar-refractivity contribution is 1.02. The summed E-state index contributed by atoms with van der Waals surface area (Å²) in [6, 6.07) is 68.1. The van der Waals surface area contributed by atoms with Crippen LogP contribution in [-0.4, -0.2) is 14.5 Å². The van der Waals surface area contributed by atoms with Crippen molar-refractivity contribution in [3.63, 3.8) is 0 Å². The molecule has 0 amide bonds. The third-order valence-corrected chi connectivity index (χ3v) is 13.3. The van der Waals surface area contributed by atoms with Crippen LogP contribution in [0.4, 0.5) is 0 Å². The molecule has 3 aromatic heterocycles. The largest absolute Gasteiger partial charge is 0.277 e. The van der Waals surface area contributed by atoms with Gasteiger partial charge >= 0.3 is 0 Å². The summed E-state index contributed by atoms with van der Waals surface area (Å²) in [5.74, 6) is 0.658. The first-order valence-electron chi connectivity index (χ1n) is 19.8. The molecule has 0 spiro atoms. The average molecular weight is 754 g/mol. The van der Waals surface area contributed by atoms with E-state index in [0.29, 0.717) is 5.95 Å². The third kappa shape index (κ3) is 4.38. The van der Waals surface area contributed by atoms with Gasteiger partial charge in [-0.2, -0.15) is 0 Å². The molecule has 13 rings (SSSR count). The fraction of sp³-hybridized carbons (Fsp3) is 0. The van der Waals surface area contributed by atoms with Gasteiger partial charge in [-0.15, -0.1) is 11.3 Å². The van der Waals surface area contributed by atoms with Crippen molar-refractivity contribution in [2.45, 2.75) is 0 Å². The first-order valence-corrected chi connectivity index (χ1v) is 20.6. The third-order valence-electron chi connectivity index (χ3n) is 12.1. The zero-order valence-corrected chi connectivity index (χ0v) is 32.0. The van der Waals surface area contributed by atoms with Crippen LogP contribution in [0.25, 0.3) is 124 Å². The number of fused-ring (bicyclic) bond motifs is 18. The molecule has 0 bridgehead atoms. The Morgan fingerprint density at radius 2 is 0.931 bits per heavy atom. The highest BCUT2D eigenvalue weighted by molar-refractivity contribution is 7.26. The van der Waals surface area contributed by atoms with Crippen molar-refractivity contribution in [3.05, 3.63) is 188 Å². The van der Waals surface area contributed by atoms with Gasteiger partial charge in [-0.05, 0) is 62.3 Å². The number of hydrogen-bond acceptors (Lipinski definition) is 3. The predicted octanol–water partition coefficient (Wildman–Crippen LogP) is 15.0. The first-order chi connectivity index (χ1) is 28.8. The van der Waals surface area contributed by atoms with E-state index in [1.54, 1.807) is 0 Å². The van der Waals surface area contributed by atoms with Crippen LogP contribution < -0.4 is 0 Å². The number of aromatic nitrogens is 3. The summed E-state index contributed by atoms with van der Waals surface area (Å²) in [5.41, 5.74) is 7.45. The standard InChI is InChI=1S/C54H31N3S/c1-2-15-32(16-3-1)33-17-14-18-34(31-33)51-50-37-21-6-4-19-35(37)36-20-5-9-24-40(36)52(50)56-54(55-51)57-44-27-12-10-25-41(44)48-39-23-8-7-22-38(39)47-43(53(48)57)29-30-46-49(47)42-26-11-13-28-45(42)58-46/h1-31H. The number of hydrogen-bond donors (Lipinski definition) is 0. The van der Waals surface area contributed by atoms with E-state index >= 15 is 0 Å². The molecule has 268 valence electrons. The second-order valence-electron chi connectivity index (χ2n) is 15.2. The van der Waals surface area contributed by atoms with E-state index < -0.39 is 0 Å². The molecule has 0 fully saturated rings. The van der Waals surface area contributed by atoms with Gasteiger partial charge in [0.05, 0.1) is 22.2 Å². The summed E-state index contributed by atoms with van der Waals surface area (Å²) in [5, 5.41) is 15.7. The maximum absolute atomic E-state index is 5.75. The minimum Gasteiger partial charge on any atom is -0.277 e. The molecule has 0 aliphatic heterocycles. The van der Waals surface area contributed by atoms with Crippen molar-refractivity contribution >= 4 is 107 Å². The minimum atomic E-state index is 0.658. The Hall–Kier alpha value is -7.40. The van der Waals surface area contributed by atoms with Crippen LogP contribution in [0.2, 0.25) is 0 Å². The van der Waals surface area contributed by atoms with E-state index in [1.165, 1.54) is 68.8 Å². The number of benzene rings is 10. The summed E-state index contributed by atoms with van der Waals surface area (Å²) in [4.78, 5) is 11.5. The van der Waals surface area contributed by atoms with E-state index in [1.807, 2.05) is 11.3 Å². The molecule has 0 atom stereocenters. The fourth-order valence-electron chi connectivity index (χ4n) is 9.73. The highest BCUT2D eigenvalue weighted by Gasteiger charge is 2.25. The fourth-order valence-corrected chi connectivity index (χ4v) is 10.8. The summed E-state index contributed by atoms with van der Waals surface area (Å²) >= 11 is 1.87. The molecule has 0 aliphatic rings. The quantitative estimate of drug-likeness (QED) is 0.168. The van der Waals surface area contributed by atoms with Gasteiger partial charge in [-0.25, -0.2) is 9.97 Å². The zero-order valence-electron chi connectivity index (χ0n) is 31.1. The zero-order chi connectivity index (χ0) is 37.9. The molecule has 0 N–H and O–H groups in total. The van der Waals surface area contributed by atoms with Gasteiger partial charge in [-0.1, -0.05) is 164 Å². The SMILES string of the molecule is c1ccc(-c2cccc(-c3nc(-n4c5ccccc5c5c6ccccc6c6c(ccc7sc8ccccc8c76)c54)nc4c5ccccc5c5ccccc5c34)c2)cc1. The monoisotopic (exact) mass is 753 g/mol. The van der Waals surface area contributed by atoms with Gasteiger partial charge in [0.2, 0.25) is 5.95 Å². The predicted molar refractivity (Wildman–Crippen MR) is 248 cm³/mol. The molecular weight excluding hydrogens is 723 g/mol. The molecular formula is C54H31N3S. The number of nitrogens with zero attached hydrogens (tertiary/aromatic N) is 3. The lowest BCUT2D eigenvalue weighted by Crippen LogP contribution is -2.05. The minimum absolute atomic E-state index is 0.658. The van der Waals surface area contributed by atoms with Gasteiger partial charge in [0.1, 0.15) is 0 Å². The average Bonchev–Trinajstić information content (AvgIpc) is 3.86. The second-order valence-corrected chi connectivity index (χ2v) is 16.3. The number of thiophene rings is 1. The molecule has 0 aliphatic carbocycles. The highest BCUT2D eigenvalue weighted by Crippen LogP contribution is 2.48. The van der Waals surface area contributed by atoms with Gasteiger partial charge in [0.15, 0.2) is 0 Å². The van der Waals surface area contributed by atoms with Crippen LogP contribution in [-0.2, 0) is 0 Å². The molecule has 10 aromatic carbocycles. The molecule has 58 heavy (non-hydrogen) atoms. The molecule has 13 aromatic rings. The molecule has 0 saturated carbocycles. The molecule has 4 heteroatoms. The van der Waals surface area contributed by atoms with Crippen LogP contribution in [0.5, 0.6) is 0 Å². The van der Waals surface area contributed by atoms with Crippen molar-refractivity contribution in [3.8, 4) is 28.3 Å². The molecule has 0 saturated heterocycles. The number of rotatable bonds is 3. The molecule has 3 heterocycles. The van der Waals surface area contributed by atoms with Gasteiger partial charge in [0.25, 0.3) is 0 Å². The Morgan fingerprint density at radius 1 is 0.345 bits per heavy atom. The van der Waals surface area contributed by atoms with Crippen LogP contribution in [0.1, 0.15) is 0 Å². The Morgan fingerprint density at radius 3 is 1.72 bits per heavy atom. The summed E-state index contributed by atoms with van der Waals surface area (Å²) in [7, 11) is 0. The Kier molecular flexibility index (Phi) is 6.60. The van der Waals surface area contributed by atoms with Crippen LogP contribution >= 0.6 is 11.3 Å². The van der Waals surface area contributed by atoms with E-state index in [2.05, 4.69) is 193 Å². The Balaban J connectivity index is 1.25. The van der Waals surface area contributed by atoms with Crippen molar-refractivity contribution in [1.82, 2.24) is 14.5 Å². The lowest BCUT2D eigenvalue weighted by Gasteiger charge is -2.17.